The fourth-order valence-electron chi connectivity index (χ4n) is 1.61. The first-order valence-corrected chi connectivity index (χ1v) is 7.57. The Morgan fingerprint density at radius 2 is 2.10 bits per heavy atom. The Kier molecular flexibility index (Phi) is 6.80. The number of rotatable bonds is 8. The summed E-state index contributed by atoms with van der Waals surface area (Å²) in [7, 11) is 0. The Balaban J connectivity index is 2.83. The van der Waals surface area contributed by atoms with E-state index in [1.165, 1.54) is 10.3 Å². The first-order valence-electron chi connectivity index (χ1n) is 6.69. The van der Waals surface area contributed by atoms with Crippen LogP contribution < -0.4 is 5.73 Å². The van der Waals surface area contributed by atoms with E-state index in [0.717, 1.165) is 24.2 Å². The van der Waals surface area contributed by atoms with Gasteiger partial charge in [0.05, 0.1) is 13.2 Å². The van der Waals surface area contributed by atoms with Gasteiger partial charge in [0.15, 0.2) is 0 Å². The number of thiazole rings is 1. The molecule has 0 aliphatic carbocycles. The van der Waals surface area contributed by atoms with Crippen LogP contribution in [0.2, 0.25) is 0 Å². The summed E-state index contributed by atoms with van der Waals surface area (Å²) in [5.74, 6) is -1.55. The fraction of sp³-hybridized carbons (Fsp3) is 0.538. The van der Waals surface area contributed by atoms with Gasteiger partial charge in [-0.1, -0.05) is 13.3 Å². The number of amides is 2. The zero-order chi connectivity index (χ0) is 15.8. The van der Waals surface area contributed by atoms with Gasteiger partial charge in [-0.3, -0.25) is 9.59 Å². The minimum Gasteiger partial charge on any atom is -0.461 e. The van der Waals surface area contributed by atoms with Crippen LogP contribution in [0.15, 0.2) is 5.38 Å². The van der Waals surface area contributed by atoms with Gasteiger partial charge in [-0.25, -0.2) is 9.78 Å². The molecular weight excluding hydrogens is 294 g/mol. The van der Waals surface area contributed by atoms with Gasteiger partial charge in [0, 0.05) is 11.9 Å². The standard InChI is InChI=1S/C13H19N3O4S/c1-3-5-6-16(7-10(14)17)12(18)9-8-21-11(15-9)13(19)20-4-2/h8H,3-7H2,1-2H3,(H2,14,17). The lowest BCUT2D eigenvalue weighted by atomic mass is 10.3. The fourth-order valence-corrected chi connectivity index (χ4v) is 2.29. The second kappa shape index (κ2) is 8.35. The van der Waals surface area contributed by atoms with Crippen LogP contribution in [0.1, 0.15) is 47.0 Å². The minimum atomic E-state index is -0.583. The zero-order valence-electron chi connectivity index (χ0n) is 12.1. The summed E-state index contributed by atoms with van der Waals surface area (Å²) >= 11 is 1.04. The van der Waals surface area contributed by atoms with Gasteiger partial charge in [0.25, 0.3) is 5.91 Å². The lowest BCUT2D eigenvalue weighted by molar-refractivity contribution is -0.118. The summed E-state index contributed by atoms with van der Waals surface area (Å²) in [5.41, 5.74) is 5.27. The predicted octanol–water partition coefficient (Wildman–Crippen LogP) is 1.05. The van der Waals surface area contributed by atoms with E-state index in [4.69, 9.17) is 10.5 Å². The molecule has 0 unspecified atom stereocenters. The van der Waals surface area contributed by atoms with Crippen molar-refractivity contribution in [3.63, 3.8) is 0 Å². The monoisotopic (exact) mass is 313 g/mol. The molecule has 0 aliphatic rings. The number of primary amides is 1. The van der Waals surface area contributed by atoms with Crippen molar-refractivity contribution in [1.29, 1.82) is 0 Å². The molecule has 1 aromatic heterocycles. The Morgan fingerprint density at radius 1 is 1.38 bits per heavy atom. The highest BCUT2D eigenvalue weighted by Gasteiger charge is 2.22. The predicted molar refractivity (Wildman–Crippen MR) is 78.1 cm³/mol. The molecule has 0 atom stereocenters. The second-order valence-electron chi connectivity index (χ2n) is 4.30. The third kappa shape index (κ3) is 5.14. The normalized spacial score (nSPS) is 10.2. The van der Waals surface area contributed by atoms with E-state index in [1.54, 1.807) is 6.92 Å². The van der Waals surface area contributed by atoms with Crippen molar-refractivity contribution < 1.29 is 19.1 Å². The summed E-state index contributed by atoms with van der Waals surface area (Å²) < 4.78 is 4.82. The minimum absolute atomic E-state index is 0.120. The van der Waals surface area contributed by atoms with Crippen LogP contribution in [0.4, 0.5) is 0 Å². The van der Waals surface area contributed by atoms with Crippen LogP contribution >= 0.6 is 11.3 Å². The van der Waals surface area contributed by atoms with E-state index in [-0.39, 0.29) is 23.9 Å². The van der Waals surface area contributed by atoms with Crippen molar-refractivity contribution in [3.8, 4) is 0 Å². The lowest BCUT2D eigenvalue weighted by Gasteiger charge is -2.19. The Bertz CT molecular complexity index is 515. The van der Waals surface area contributed by atoms with Crippen LogP contribution in [-0.4, -0.2) is 47.4 Å². The van der Waals surface area contributed by atoms with Crippen molar-refractivity contribution in [3.05, 3.63) is 16.1 Å². The summed E-state index contributed by atoms with van der Waals surface area (Å²) in [5, 5.41) is 1.60. The van der Waals surface area contributed by atoms with Crippen molar-refractivity contribution in [2.24, 2.45) is 5.73 Å². The molecule has 21 heavy (non-hydrogen) atoms. The number of aromatic nitrogens is 1. The van der Waals surface area contributed by atoms with Gasteiger partial charge in [0.2, 0.25) is 10.9 Å². The SMILES string of the molecule is CCCCN(CC(N)=O)C(=O)c1csc(C(=O)OCC)n1. The Morgan fingerprint density at radius 3 is 2.67 bits per heavy atom. The third-order valence-corrected chi connectivity index (χ3v) is 3.41. The molecular formula is C13H19N3O4S. The molecule has 1 rings (SSSR count). The van der Waals surface area contributed by atoms with E-state index in [2.05, 4.69) is 4.98 Å². The first kappa shape index (κ1) is 17.1. The summed E-state index contributed by atoms with van der Waals surface area (Å²) in [6.45, 7) is 4.17. The molecule has 1 aromatic rings. The molecule has 116 valence electrons. The molecule has 0 saturated carbocycles. The van der Waals surface area contributed by atoms with Crippen LogP contribution in [0.25, 0.3) is 0 Å². The van der Waals surface area contributed by atoms with Gasteiger partial charge in [0.1, 0.15) is 5.69 Å². The highest BCUT2D eigenvalue weighted by Crippen LogP contribution is 2.13. The van der Waals surface area contributed by atoms with Crippen LogP contribution in [-0.2, 0) is 9.53 Å². The molecule has 7 nitrogen and oxygen atoms in total. The van der Waals surface area contributed by atoms with Crippen LogP contribution in [0, 0.1) is 0 Å². The topological polar surface area (TPSA) is 103 Å². The largest absolute Gasteiger partial charge is 0.461 e. The van der Waals surface area contributed by atoms with Gasteiger partial charge in [-0.05, 0) is 13.3 Å². The smallest absolute Gasteiger partial charge is 0.367 e. The van der Waals surface area contributed by atoms with Crippen LogP contribution in [0.5, 0.6) is 0 Å². The number of nitrogens with zero attached hydrogens (tertiary/aromatic N) is 2. The third-order valence-electron chi connectivity index (χ3n) is 2.59. The van der Waals surface area contributed by atoms with Gasteiger partial charge < -0.3 is 15.4 Å². The summed E-state index contributed by atoms with van der Waals surface area (Å²) in [6.07, 6.45) is 1.64. The van der Waals surface area contributed by atoms with Crippen molar-refractivity contribution in [1.82, 2.24) is 9.88 Å². The lowest BCUT2D eigenvalue weighted by Crippen LogP contribution is -2.39. The van der Waals surface area contributed by atoms with Gasteiger partial charge in [-0.2, -0.15) is 0 Å². The number of carbonyl (C=O) groups is 3. The molecule has 0 saturated heterocycles. The molecule has 0 aliphatic heterocycles. The first-order chi connectivity index (χ1) is 9.99. The number of nitrogens with two attached hydrogens (primary N) is 1. The molecule has 0 radical (unpaired) electrons. The quantitative estimate of drug-likeness (QED) is 0.723. The maximum Gasteiger partial charge on any atom is 0.367 e. The van der Waals surface area contributed by atoms with E-state index in [1.807, 2.05) is 6.92 Å². The number of unbranched alkanes of at least 4 members (excludes halogenated alkanes) is 1. The molecule has 1 heterocycles. The average Bonchev–Trinajstić information content (AvgIpc) is 2.92. The number of esters is 1. The summed E-state index contributed by atoms with van der Waals surface area (Å²) in [4.78, 5) is 40.2. The molecule has 0 spiro atoms. The molecule has 8 heteroatoms. The van der Waals surface area contributed by atoms with E-state index in [9.17, 15) is 14.4 Å². The van der Waals surface area contributed by atoms with Crippen molar-refractivity contribution >= 4 is 29.1 Å². The molecule has 0 bridgehead atoms. The molecule has 0 fully saturated rings. The number of carbonyl (C=O) groups excluding carboxylic acids is 3. The average molecular weight is 313 g/mol. The van der Waals surface area contributed by atoms with Gasteiger partial charge in [-0.15, -0.1) is 11.3 Å². The summed E-state index contributed by atoms with van der Waals surface area (Å²) in [6, 6.07) is 0. The molecule has 2 amide bonds. The zero-order valence-corrected chi connectivity index (χ0v) is 12.9. The number of ether oxygens (including phenoxy) is 1. The highest BCUT2D eigenvalue weighted by atomic mass is 32.1. The van der Waals surface area contributed by atoms with Gasteiger partial charge >= 0.3 is 5.97 Å². The van der Waals surface area contributed by atoms with E-state index in [0.29, 0.717) is 6.54 Å². The molecule has 0 aromatic carbocycles. The van der Waals surface area contributed by atoms with Crippen LogP contribution in [0.3, 0.4) is 0 Å². The maximum absolute atomic E-state index is 12.3. The number of hydrogen-bond donors (Lipinski definition) is 1. The Hall–Kier alpha value is -1.96. The molecule has 2 N–H and O–H groups in total. The van der Waals surface area contributed by atoms with Crippen molar-refractivity contribution in [2.45, 2.75) is 26.7 Å². The van der Waals surface area contributed by atoms with E-state index >= 15 is 0 Å². The van der Waals surface area contributed by atoms with Crippen molar-refractivity contribution in [2.75, 3.05) is 19.7 Å². The highest BCUT2D eigenvalue weighted by molar-refractivity contribution is 7.11. The maximum atomic E-state index is 12.3. The van der Waals surface area contributed by atoms with E-state index < -0.39 is 17.8 Å². The Labute approximate surface area is 127 Å². The second-order valence-corrected chi connectivity index (χ2v) is 5.16. The number of hydrogen-bond acceptors (Lipinski definition) is 6.